The van der Waals surface area contributed by atoms with E-state index in [-0.39, 0.29) is 16.9 Å². The fourth-order valence-electron chi connectivity index (χ4n) is 3.15. The number of carbonyl (C=O) groups excluding carboxylic acids is 1. The van der Waals surface area contributed by atoms with Gasteiger partial charge in [-0.05, 0) is 40.7 Å². The Morgan fingerprint density at radius 2 is 1.80 bits per heavy atom. The SMILES string of the molecule is CC(C)(C)c1ccc(C(=O)N2CCc3c(cncc3C(=O)O)C2)cc1. The Bertz CT molecular complexity index is 820. The van der Waals surface area contributed by atoms with Gasteiger partial charge in [0.2, 0.25) is 0 Å². The van der Waals surface area contributed by atoms with E-state index in [2.05, 4.69) is 25.8 Å². The summed E-state index contributed by atoms with van der Waals surface area (Å²) in [5, 5.41) is 9.27. The summed E-state index contributed by atoms with van der Waals surface area (Å²) in [7, 11) is 0. The van der Waals surface area contributed by atoms with Crippen molar-refractivity contribution in [2.75, 3.05) is 6.54 Å². The van der Waals surface area contributed by atoms with Gasteiger partial charge >= 0.3 is 5.97 Å². The summed E-state index contributed by atoms with van der Waals surface area (Å²) in [5.41, 5.74) is 3.71. The third-order valence-corrected chi connectivity index (χ3v) is 4.66. The van der Waals surface area contributed by atoms with Crippen molar-refractivity contribution in [1.29, 1.82) is 0 Å². The minimum absolute atomic E-state index is 0.0353. The van der Waals surface area contributed by atoms with Crippen molar-refractivity contribution in [1.82, 2.24) is 9.88 Å². The van der Waals surface area contributed by atoms with Crippen LogP contribution in [0.4, 0.5) is 0 Å². The van der Waals surface area contributed by atoms with Crippen LogP contribution >= 0.6 is 0 Å². The number of pyridine rings is 1. The summed E-state index contributed by atoms with van der Waals surface area (Å²) in [4.78, 5) is 29.8. The molecule has 0 fully saturated rings. The highest BCUT2D eigenvalue weighted by Crippen LogP contribution is 2.25. The van der Waals surface area contributed by atoms with Gasteiger partial charge in [-0.1, -0.05) is 32.9 Å². The van der Waals surface area contributed by atoms with Crippen LogP contribution in [-0.4, -0.2) is 33.4 Å². The van der Waals surface area contributed by atoms with Gasteiger partial charge in [0.15, 0.2) is 0 Å². The molecule has 5 heteroatoms. The van der Waals surface area contributed by atoms with E-state index in [1.807, 2.05) is 24.3 Å². The summed E-state index contributed by atoms with van der Waals surface area (Å²) < 4.78 is 0. The molecule has 5 nitrogen and oxygen atoms in total. The molecule has 0 radical (unpaired) electrons. The topological polar surface area (TPSA) is 70.5 Å². The first-order valence-electron chi connectivity index (χ1n) is 8.36. The second kappa shape index (κ2) is 6.31. The van der Waals surface area contributed by atoms with Gasteiger partial charge in [0.05, 0.1) is 5.56 Å². The minimum Gasteiger partial charge on any atom is -0.478 e. The molecule has 0 atom stereocenters. The highest BCUT2D eigenvalue weighted by molar-refractivity contribution is 5.95. The summed E-state index contributed by atoms with van der Waals surface area (Å²) in [6.45, 7) is 7.32. The predicted octanol–water partition coefficient (Wildman–Crippen LogP) is 3.28. The molecule has 130 valence electrons. The van der Waals surface area contributed by atoms with E-state index in [1.165, 1.54) is 11.8 Å². The average Bonchev–Trinajstić information content (AvgIpc) is 2.59. The maximum atomic E-state index is 12.8. The summed E-state index contributed by atoms with van der Waals surface area (Å²) in [6.07, 6.45) is 3.57. The lowest BCUT2D eigenvalue weighted by molar-refractivity contribution is 0.0693. The quantitative estimate of drug-likeness (QED) is 0.912. The van der Waals surface area contributed by atoms with Gasteiger partial charge in [0.1, 0.15) is 0 Å². The monoisotopic (exact) mass is 338 g/mol. The Labute approximate surface area is 147 Å². The molecule has 0 unspecified atom stereocenters. The highest BCUT2D eigenvalue weighted by Gasteiger charge is 2.25. The molecule has 1 aromatic heterocycles. The van der Waals surface area contributed by atoms with Crippen LogP contribution in [0.2, 0.25) is 0 Å². The number of hydrogen-bond donors (Lipinski definition) is 1. The molecule has 0 saturated carbocycles. The number of carbonyl (C=O) groups is 2. The van der Waals surface area contributed by atoms with Crippen molar-refractivity contribution in [2.45, 2.75) is 39.2 Å². The fourth-order valence-corrected chi connectivity index (χ4v) is 3.15. The van der Waals surface area contributed by atoms with E-state index in [0.717, 1.165) is 11.1 Å². The Balaban J connectivity index is 1.81. The van der Waals surface area contributed by atoms with Gasteiger partial charge in [-0.2, -0.15) is 0 Å². The molecule has 1 aromatic carbocycles. The smallest absolute Gasteiger partial charge is 0.337 e. The maximum absolute atomic E-state index is 12.8. The van der Waals surface area contributed by atoms with E-state index >= 15 is 0 Å². The summed E-state index contributed by atoms with van der Waals surface area (Å²) in [6, 6.07) is 7.72. The van der Waals surface area contributed by atoms with E-state index in [1.54, 1.807) is 11.1 Å². The summed E-state index contributed by atoms with van der Waals surface area (Å²) >= 11 is 0. The van der Waals surface area contributed by atoms with Crippen LogP contribution in [0.25, 0.3) is 0 Å². The van der Waals surface area contributed by atoms with E-state index in [4.69, 9.17) is 0 Å². The van der Waals surface area contributed by atoms with Gasteiger partial charge in [-0.25, -0.2) is 4.79 Å². The molecule has 2 aromatic rings. The molecule has 1 N–H and O–H groups in total. The Morgan fingerprint density at radius 1 is 1.12 bits per heavy atom. The zero-order chi connectivity index (χ0) is 18.2. The van der Waals surface area contributed by atoms with Gasteiger partial charge < -0.3 is 10.0 Å². The number of carboxylic acids is 1. The van der Waals surface area contributed by atoms with Crippen LogP contribution in [0, 0.1) is 0 Å². The van der Waals surface area contributed by atoms with Crippen LogP contribution < -0.4 is 0 Å². The zero-order valence-corrected chi connectivity index (χ0v) is 14.7. The normalized spacial score (nSPS) is 14.1. The average molecular weight is 338 g/mol. The molecular formula is C20H22N2O3. The predicted molar refractivity (Wildman–Crippen MR) is 94.8 cm³/mol. The van der Waals surface area contributed by atoms with Crippen LogP contribution in [0.5, 0.6) is 0 Å². The molecule has 0 aliphatic carbocycles. The fraction of sp³-hybridized carbons (Fsp3) is 0.350. The van der Waals surface area contributed by atoms with Crippen LogP contribution in [0.3, 0.4) is 0 Å². The molecule has 3 rings (SSSR count). The lowest BCUT2D eigenvalue weighted by atomic mass is 9.86. The largest absolute Gasteiger partial charge is 0.478 e. The first-order chi connectivity index (χ1) is 11.8. The molecule has 2 heterocycles. The molecule has 0 bridgehead atoms. The standard InChI is InChI=1S/C20H22N2O3/c1-20(2,3)15-6-4-13(5-7-15)18(23)22-9-8-16-14(12-22)10-21-11-17(16)19(24)25/h4-7,10-11H,8-9,12H2,1-3H3,(H,24,25). The number of benzene rings is 1. The van der Waals surface area contributed by atoms with E-state index in [9.17, 15) is 14.7 Å². The van der Waals surface area contributed by atoms with Gasteiger partial charge in [0, 0.05) is 31.0 Å². The molecule has 1 amide bonds. The van der Waals surface area contributed by atoms with E-state index in [0.29, 0.717) is 25.1 Å². The number of aromatic carboxylic acids is 1. The summed E-state index contributed by atoms with van der Waals surface area (Å²) in [5.74, 6) is -1.01. The van der Waals surface area contributed by atoms with Crippen molar-refractivity contribution in [3.8, 4) is 0 Å². The van der Waals surface area contributed by atoms with Crippen molar-refractivity contribution >= 4 is 11.9 Å². The van der Waals surface area contributed by atoms with Crippen molar-refractivity contribution < 1.29 is 14.7 Å². The number of fused-ring (bicyclic) bond motifs is 1. The number of aromatic nitrogens is 1. The molecule has 0 spiro atoms. The molecule has 0 saturated heterocycles. The molecule has 25 heavy (non-hydrogen) atoms. The third-order valence-electron chi connectivity index (χ3n) is 4.66. The highest BCUT2D eigenvalue weighted by atomic mass is 16.4. The molecule has 1 aliphatic rings. The number of rotatable bonds is 2. The zero-order valence-electron chi connectivity index (χ0n) is 14.7. The Morgan fingerprint density at radius 3 is 2.40 bits per heavy atom. The van der Waals surface area contributed by atoms with Crippen molar-refractivity contribution in [2.24, 2.45) is 0 Å². The van der Waals surface area contributed by atoms with Gasteiger partial charge in [-0.3, -0.25) is 9.78 Å². The second-order valence-electron chi connectivity index (χ2n) is 7.43. The maximum Gasteiger partial charge on any atom is 0.337 e. The lowest BCUT2D eigenvalue weighted by Crippen LogP contribution is -2.36. The first-order valence-corrected chi connectivity index (χ1v) is 8.36. The van der Waals surface area contributed by atoms with Crippen LogP contribution in [0.15, 0.2) is 36.7 Å². The number of nitrogens with zero attached hydrogens (tertiary/aromatic N) is 2. The number of amides is 1. The number of hydrogen-bond acceptors (Lipinski definition) is 3. The van der Waals surface area contributed by atoms with Crippen molar-refractivity contribution in [3.63, 3.8) is 0 Å². The lowest BCUT2D eigenvalue weighted by Gasteiger charge is -2.29. The van der Waals surface area contributed by atoms with Crippen LogP contribution in [0.1, 0.15) is 58.2 Å². The molecular weight excluding hydrogens is 316 g/mol. The first kappa shape index (κ1) is 17.1. The molecule has 1 aliphatic heterocycles. The Kier molecular flexibility index (Phi) is 4.33. The third kappa shape index (κ3) is 3.40. The van der Waals surface area contributed by atoms with Crippen LogP contribution in [-0.2, 0) is 18.4 Å². The minimum atomic E-state index is -0.970. The van der Waals surface area contributed by atoms with Crippen molar-refractivity contribution in [3.05, 3.63) is 64.5 Å². The van der Waals surface area contributed by atoms with Gasteiger partial charge in [0.25, 0.3) is 5.91 Å². The van der Waals surface area contributed by atoms with E-state index < -0.39 is 5.97 Å². The van der Waals surface area contributed by atoms with Gasteiger partial charge in [-0.15, -0.1) is 0 Å². The number of carboxylic acid groups (broad SMARTS) is 1. The Hall–Kier alpha value is -2.69. The second-order valence-corrected chi connectivity index (χ2v) is 7.43.